The number of alkyl carbamates (subject to hydrolysis) is 1. The zero-order valence-corrected chi connectivity index (χ0v) is 20.2. The summed E-state index contributed by atoms with van der Waals surface area (Å²) in [5, 5.41) is 12.9. The van der Waals surface area contributed by atoms with Crippen LogP contribution in [0.2, 0.25) is 0 Å². The molecular formula is C25H27NO7S. The van der Waals surface area contributed by atoms with Gasteiger partial charge in [0.15, 0.2) is 5.43 Å². The van der Waals surface area contributed by atoms with Crippen molar-refractivity contribution in [3.05, 3.63) is 58.8 Å². The number of phenols is 1. The lowest BCUT2D eigenvalue weighted by Gasteiger charge is -2.22. The summed E-state index contributed by atoms with van der Waals surface area (Å²) in [7, 11) is 0. The smallest absolute Gasteiger partial charge is 0.408 e. The van der Waals surface area contributed by atoms with Crippen molar-refractivity contribution in [1.82, 2.24) is 5.32 Å². The van der Waals surface area contributed by atoms with Crippen molar-refractivity contribution in [1.29, 1.82) is 0 Å². The molecule has 1 heterocycles. The molecule has 0 aliphatic carbocycles. The van der Waals surface area contributed by atoms with Crippen molar-refractivity contribution in [2.45, 2.75) is 38.8 Å². The lowest BCUT2D eigenvalue weighted by atomic mass is 10.1. The van der Waals surface area contributed by atoms with Crippen LogP contribution in [0, 0.1) is 0 Å². The Morgan fingerprint density at radius 3 is 2.50 bits per heavy atom. The topological polar surface area (TPSA) is 115 Å². The maximum absolute atomic E-state index is 12.8. The van der Waals surface area contributed by atoms with E-state index in [1.54, 1.807) is 32.9 Å². The van der Waals surface area contributed by atoms with Gasteiger partial charge in [-0.1, -0.05) is 30.3 Å². The number of aromatic hydroxyl groups is 1. The normalized spacial score (nSPS) is 12.2. The van der Waals surface area contributed by atoms with E-state index < -0.39 is 29.1 Å². The molecular weight excluding hydrogens is 458 g/mol. The summed E-state index contributed by atoms with van der Waals surface area (Å²) < 4.78 is 16.5. The van der Waals surface area contributed by atoms with Gasteiger partial charge in [-0.3, -0.25) is 4.79 Å². The number of amides is 1. The van der Waals surface area contributed by atoms with Crippen LogP contribution in [-0.2, 0) is 9.53 Å². The average Bonchev–Trinajstić information content (AvgIpc) is 2.75. The summed E-state index contributed by atoms with van der Waals surface area (Å²) in [6.07, 6.45) is 1.45. The monoisotopic (exact) mass is 485 g/mol. The van der Waals surface area contributed by atoms with Crippen molar-refractivity contribution in [2.24, 2.45) is 0 Å². The molecule has 8 nitrogen and oxygen atoms in total. The SMILES string of the molecule is CSCC[C@H](NC(=O)OC(C)(C)C)C(=O)Oc1cc(O)c2c(=O)cc(-c3ccccc3)oc2c1. The molecule has 2 aromatic carbocycles. The Bertz CT molecular complexity index is 1230. The number of nitrogens with one attached hydrogen (secondary N) is 1. The zero-order valence-electron chi connectivity index (χ0n) is 19.4. The Balaban J connectivity index is 1.88. The maximum Gasteiger partial charge on any atom is 0.408 e. The number of carbonyl (C=O) groups excluding carboxylic acids is 2. The highest BCUT2D eigenvalue weighted by atomic mass is 32.2. The Hall–Kier alpha value is -3.46. The number of phenolic OH excluding ortho intramolecular Hbond substituents is 1. The fourth-order valence-electron chi connectivity index (χ4n) is 3.17. The summed E-state index contributed by atoms with van der Waals surface area (Å²) in [4.78, 5) is 37.6. The quantitative estimate of drug-likeness (QED) is 0.365. The lowest BCUT2D eigenvalue weighted by Crippen LogP contribution is -2.45. The molecule has 180 valence electrons. The summed E-state index contributed by atoms with van der Waals surface area (Å²) >= 11 is 1.51. The Labute approximate surface area is 201 Å². The molecule has 1 atom stereocenters. The zero-order chi connectivity index (χ0) is 24.9. The lowest BCUT2D eigenvalue weighted by molar-refractivity contribution is -0.136. The van der Waals surface area contributed by atoms with Gasteiger partial charge in [0, 0.05) is 23.8 Å². The molecule has 0 bridgehead atoms. The van der Waals surface area contributed by atoms with Crippen LogP contribution in [0.4, 0.5) is 4.79 Å². The van der Waals surface area contributed by atoms with Crippen molar-refractivity contribution < 1.29 is 28.6 Å². The highest BCUT2D eigenvalue weighted by Crippen LogP contribution is 2.31. The number of hydrogen-bond donors (Lipinski definition) is 2. The third-order valence-corrected chi connectivity index (χ3v) is 5.29. The second-order valence-electron chi connectivity index (χ2n) is 8.56. The second kappa shape index (κ2) is 10.6. The average molecular weight is 486 g/mol. The highest BCUT2D eigenvalue weighted by Gasteiger charge is 2.26. The Kier molecular flexibility index (Phi) is 7.88. The van der Waals surface area contributed by atoms with Crippen molar-refractivity contribution >= 4 is 34.8 Å². The first kappa shape index (κ1) is 25.2. The standard InChI is InChI=1S/C25H27NO7S/c1-25(2,3)33-24(30)26-17(10-11-34-4)23(29)31-16-12-18(27)22-19(28)14-20(32-21(22)13-16)15-8-6-5-7-9-15/h5-9,12-14,17,27H,10-11H2,1-4H3,(H,26,30)/t17-/m0/s1. The number of benzene rings is 2. The van der Waals surface area contributed by atoms with Crippen molar-refractivity contribution in [3.8, 4) is 22.8 Å². The van der Waals surface area contributed by atoms with Crippen LogP contribution in [0.5, 0.6) is 11.5 Å². The molecule has 34 heavy (non-hydrogen) atoms. The van der Waals surface area contributed by atoms with Gasteiger partial charge in [-0.25, -0.2) is 9.59 Å². The van der Waals surface area contributed by atoms with Crippen LogP contribution in [-0.4, -0.2) is 40.8 Å². The van der Waals surface area contributed by atoms with Gasteiger partial charge in [-0.05, 0) is 39.2 Å². The largest absolute Gasteiger partial charge is 0.507 e. The molecule has 9 heteroatoms. The van der Waals surface area contributed by atoms with Crippen LogP contribution in [0.25, 0.3) is 22.3 Å². The summed E-state index contributed by atoms with van der Waals surface area (Å²) in [5.41, 5.74) is -0.409. The van der Waals surface area contributed by atoms with Gasteiger partial charge in [0.05, 0.1) is 0 Å². The van der Waals surface area contributed by atoms with Gasteiger partial charge in [-0.2, -0.15) is 11.8 Å². The van der Waals surface area contributed by atoms with Crippen LogP contribution in [0.15, 0.2) is 57.7 Å². The van der Waals surface area contributed by atoms with Crippen LogP contribution < -0.4 is 15.5 Å². The van der Waals surface area contributed by atoms with E-state index in [2.05, 4.69) is 5.32 Å². The third kappa shape index (κ3) is 6.54. The van der Waals surface area contributed by atoms with E-state index in [4.69, 9.17) is 13.9 Å². The number of thioether (sulfide) groups is 1. The summed E-state index contributed by atoms with van der Waals surface area (Å²) in [5.74, 6) is -0.239. The predicted molar refractivity (Wildman–Crippen MR) is 131 cm³/mol. The minimum Gasteiger partial charge on any atom is -0.507 e. The van der Waals surface area contributed by atoms with Gasteiger partial charge >= 0.3 is 12.1 Å². The molecule has 1 aromatic heterocycles. The maximum atomic E-state index is 12.8. The Morgan fingerprint density at radius 2 is 1.85 bits per heavy atom. The van der Waals surface area contributed by atoms with E-state index in [0.29, 0.717) is 23.5 Å². The summed E-state index contributed by atoms with van der Waals surface area (Å²) in [6, 6.07) is 11.9. The van der Waals surface area contributed by atoms with Crippen LogP contribution in [0.1, 0.15) is 27.2 Å². The molecule has 0 aliphatic rings. The first-order valence-corrected chi connectivity index (χ1v) is 12.0. The first-order chi connectivity index (χ1) is 16.1. The fraction of sp³-hybridized carbons (Fsp3) is 0.320. The molecule has 0 radical (unpaired) electrons. The number of fused-ring (bicyclic) bond motifs is 1. The number of ether oxygens (including phenoxy) is 2. The molecule has 0 unspecified atom stereocenters. The van der Waals surface area contributed by atoms with E-state index in [1.165, 1.54) is 30.0 Å². The van der Waals surface area contributed by atoms with E-state index in [1.807, 2.05) is 24.5 Å². The third-order valence-electron chi connectivity index (χ3n) is 4.65. The van der Waals surface area contributed by atoms with E-state index >= 15 is 0 Å². The minimum atomic E-state index is -0.970. The Morgan fingerprint density at radius 1 is 1.15 bits per heavy atom. The van der Waals surface area contributed by atoms with Crippen LogP contribution in [0.3, 0.4) is 0 Å². The van der Waals surface area contributed by atoms with Crippen LogP contribution >= 0.6 is 11.8 Å². The van der Waals surface area contributed by atoms with Gasteiger partial charge < -0.3 is 24.3 Å². The van der Waals surface area contributed by atoms with Gasteiger partial charge in [-0.15, -0.1) is 0 Å². The van der Waals surface area contributed by atoms with Gasteiger partial charge in [0.25, 0.3) is 0 Å². The molecule has 3 rings (SSSR count). The first-order valence-electron chi connectivity index (χ1n) is 10.6. The number of rotatable bonds is 7. The van der Waals surface area contributed by atoms with E-state index in [9.17, 15) is 19.5 Å². The highest BCUT2D eigenvalue weighted by molar-refractivity contribution is 7.98. The molecule has 0 fully saturated rings. The van der Waals surface area contributed by atoms with Crippen molar-refractivity contribution in [3.63, 3.8) is 0 Å². The molecule has 3 aromatic rings. The van der Waals surface area contributed by atoms with E-state index in [0.717, 1.165) is 0 Å². The number of carbonyl (C=O) groups is 2. The number of hydrogen-bond acceptors (Lipinski definition) is 8. The van der Waals surface area contributed by atoms with Gasteiger partial charge in [0.1, 0.15) is 39.9 Å². The fourth-order valence-corrected chi connectivity index (χ4v) is 3.64. The minimum absolute atomic E-state index is 0.0229. The molecule has 1 amide bonds. The molecule has 0 aliphatic heterocycles. The van der Waals surface area contributed by atoms with Crippen molar-refractivity contribution in [2.75, 3.05) is 12.0 Å². The van der Waals surface area contributed by atoms with E-state index in [-0.39, 0.29) is 22.5 Å². The number of esters is 1. The molecule has 0 saturated heterocycles. The molecule has 2 N–H and O–H groups in total. The van der Waals surface area contributed by atoms with Gasteiger partial charge in [0.2, 0.25) is 0 Å². The molecule has 0 spiro atoms. The molecule has 0 saturated carbocycles. The second-order valence-corrected chi connectivity index (χ2v) is 9.54. The predicted octanol–water partition coefficient (Wildman–Crippen LogP) is 4.72. The summed E-state index contributed by atoms with van der Waals surface area (Å²) in [6.45, 7) is 5.16.